The van der Waals surface area contributed by atoms with Gasteiger partial charge in [-0.2, -0.15) is 0 Å². The van der Waals surface area contributed by atoms with Crippen LogP contribution in [0.3, 0.4) is 0 Å². The predicted octanol–water partition coefficient (Wildman–Crippen LogP) is 1.42. The Labute approximate surface area is 123 Å². The summed E-state index contributed by atoms with van der Waals surface area (Å²) in [6.45, 7) is 1.37. The Bertz CT molecular complexity index is 668. The summed E-state index contributed by atoms with van der Waals surface area (Å²) in [4.78, 5) is 22.2. The van der Waals surface area contributed by atoms with E-state index < -0.39 is 21.9 Å². The largest absolute Gasteiger partial charge is 0.481 e. The molecule has 0 aliphatic heterocycles. The smallest absolute Gasteiger partial charge is 0.306 e. The first-order chi connectivity index (χ1) is 9.79. The van der Waals surface area contributed by atoms with Crippen molar-refractivity contribution >= 4 is 21.8 Å². The van der Waals surface area contributed by atoms with E-state index >= 15 is 0 Å². The molecule has 0 amide bonds. The maximum atomic E-state index is 12.3. The minimum absolute atomic E-state index is 0.0222. The molecule has 1 aliphatic carbocycles. The lowest BCUT2D eigenvalue weighted by atomic mass is 10.1. The van der Waals surface area contributed by atoms with Gasteiger partial charge < -0.3 is 5.11 Å². The molecule has 6 nitrogen and oxygen atoms in total. The Morgan fingerprint density at radius 3 is 2.57 bits per heavy atom. The van der Waals surface area contributed by atoms with Crippen LogP contribution in [0.2, 0.25) is 0 Å². The number of nitrogens with one attached hydrogen (secondary N) is 1. The van der Waals surface area contributed by atoms with Crippen LogP contribution in [-0.2, 0) is 14.8 Å². The molecule has 1 aromatic rings. The highest BCUT2D eigenvalue weighted by molar-refractivity contribution is 7.89. The third kappa shape index (κ3) is 3.68. The molecule has 0 unspecified atom stereocenters. The van der Waals surface area contributed by atoms with Crippen molar-refractivity contribution in [2.45, 2.75) is 37.1 Å². The van der Waals surface area contributed by atoms with Crippen molar-refractivity contribution in [3.05, 3.63) is 29.8 Å². The number of hydrogen-bond acceptors (Lipinski definition) is 4. The summed E-state index contributed by atoms with van der Waals surface area (Å²) >= 11 is 0. The molecule has 0 aromatic heterocycles. The number of carbonyl (C=O) groups is 2. The van der Waals surface area contributed by atoms with Gasteiger partial charge >= 0.3 is 5.97 Å². The van der Waals surface area contributed by atoms with Gasteiger partial charge in [-0.15, -0.1) is 0 Å². The molecule has 2 rings (SSSR count). The zero-order valence-electron chi connectivity index (χ0n) is 11.6. The molecule has 114 valence electrons. The maximum absolute atomic E-state index is 12.3. The molecule has 2 atom stereocenters. The predicted molar refractivity (Wildman–Crippen MR) is 75.5 cm³/mol. The number of carboxylic acid groups (broad SMARTS) is 1. The lowest BCUT2D eigenvalue weighted by molar-refractivity contribution is -0.141. The summed E-state index contributed by atoms with van der Waals surface area (Å²) in [6, 6.07) is 5.43. The van der Waals surface area contributed by atoms with E-state index in [1.165, 1.54) is 25.1 Å². The normalized spacial score (nSPS) is 22.1. The van der Waals surface area contributed by atoms with Gasteiger partial charge in [-0.05, 0) is 38.3 Å². The fourth-order valence-electron chi connectivity index (χ4n) is 2.48. The van der Waals surface area contributed by atoms with Crippen LogP contribution in [-0.4, -0.2) is 31.3 Å². The van der Waals surface area contributed by atoms with Crippen molar-refractivity contribution in [2.24, 2.45) is 5.92 Å². The van der Waals surface area contributed by atoms with Crippen LogP contribution in [0.4, 0.5) is 0 Å². The van der Waals surface area contributed by atoms with Crippen molar-refractivity contribution in [3.8, 4) is 0 Å². The first-order valence-electron chi connectivity index (χ1n) is 6.66. The summed E-state index contributed by atoms with van der Waals surface area (Å²) in [5, 5.41) is 8.93. The standard InChI is InChI=1S/C14H17NO5S/c1-9(16)10-3-2-4-13(8-10)21(19,20)15-12-6-5-11(7-12)14(17)18/h2-4,8,11-12,15H,5-7H2,1H3,(H,17,18)/t11-,12+/m1/s1. The zero-order valence-corrected chi connectivity index (χ0v) is 12.4. The van der Waals surface area contributed by atoms with E-state index in [1.807, 2.05) is 0 Å². The number of benzene rings is 1. The summed E-state index contributed by atoms with van der Waals surface area (Å²) in [6.07, 6.45) is 1.26. The lowest BCUT2D eigenvalue weighted by Gasteiger charge is -2.13. The number of sulfonamides is 1. The third-order valence-electron chi connectivity index (χ3n) is 3.65. The molecule has 0 heterocycles. The van der Waals surface area contributed by atoms with Crippen molar-refractivity contribution in [1.29, 1.82) is 0 Å². The van der Waals surface area contributed by atoms with Crippen LogP contribution in [0.25, 0.3) is 0 Å². The zero-order chi connectivity index (χ0) is 15.6. The van der Waals surface area contributed by atoms with Crippen molar-refractivity contribution < 1.29 is 23.1 Å². The fourth-order valence-corrected chi connectivity index (χ4v) is 3.81. The topological polar surface area (TPSA) is 101 Å². The summed E-state index contributed by atoms with van der Waals surface area (Å²) in [7, 11) is -3.74. The average Bonchev–Trinajstić information content (AvgIpc) is 2.87. The molecule has 0 saturated heterocycles. The van der Waals surface area contributed by atoms with Crippen LogP contribution in [0.15, 0.2) is 29.2 Å². The highest BCUT2D eigenvalue weighted by atomic mass is 32.2. The van der Waals surface area contributed by atoms with Gasteiger partial charge in [0.05, 0.1) is 10.8 Å². The van der Waals surface area contributed by atoms with Crippen LogP contribution in [0, 0.1) is 5.92 Å². The number of aliphatic carboxylic acids is 1. The van der Waals surface area contributed by atoms with Crippen molar-refractivity contribution in [1.82, 2.24) is 4.72 Å². The monoisotopic (exact) mass is 311 g/mol. The second-order valence-corrected chi connectivity index (χ2v) is 6.96. The molecular weight excluding hydrogens is 294 g/mol. The molecule has 2 N–H and O–H groups in total. The Morgan fingerprint density at radius 1 is 1.29 bits per heavy atom. The van der Waals surface area contributed by atoms with Crippen LogP contribution >= 0.6 is 0 Å². The van der Waals surface area contributed by atoms with E-state index in [4.69, 9.17) is 5.11 Å². The van der Waals surface area contributed by atoms with Crippen LogP contribution in [0.5, 0.6) is 0 Å². The second kappa shape index (κ2) is 5.95. The van der Waals surface area contributed by atoms with E-state index in [0.29, 0.717) is 24.8 Å². The van der Waals surface area contributed by atoms with Crippen molar-refractivity contribution in [2.75, 3.05) is 0 Å². The number of carboxylic acids is 1. The molecule has 1 aliphatic rings. The summed E-state index contributed by atoms with van der Waals surface area (Å²) in [5.41, 5.74) is 0.327. The van der Waals surface area contributed by atoms with Gasteiger partial charge in [-0.25, -0.2) is 13.1 Å². The van der Waals surface area contributed by atoms with E-state index in [-0.39, 0.29) is 16.7 Å². The lowest BCUT2D eigenvalue weighted by Crippen LogP contribution is -2.33. The van der Waals surface area contributed by atoms with Gasteiger partial charge in [0, 0.05) is 11.6 Å². The SMILES string of the molecule is CC(=O)c1cccc(S(=O)(=O)N[C@H]2CC[C@@H](C(=O)O)C2)c1. The van der Waals surface area contributed by atoms with Crippen molar-refractivity contribution in [3.63, 3.8) is 0 Å². The maximum Gasteiger partial charge on any atom is 0.306 e. The summed E-state index contributed by atoms with van der Waals surface area (Å²) in [5.74, 6) is -1.60. The molecule has 0 spiro atoms. The molecule has 21 heavy (non-hydrogen) atoms. The van der Waals surface area contributed by atoms with Gasteiger partial charge in [0.2, 0.25) is 10.0 Å². The van der Waals surface area contributed by atoms with Gasteiger partial charge in [-0.1, -0.05) is 12.1 Å². The van der Waals surface area contributed by atoms with E-state index in [1.54, 1.807) is 6.07 Å². The molecule has 1 saturated carbocycles. The quantitative estimate of drug-likeness (QED) is 0.801. The van der Waals surface area contributed by atoms with Gasteiger partial charge in [-0.3, -0.25) is 9.59 Å². The van der Waals surface area contributed by atoms with Gasteiger partial charge in [0.25, 0.3) is 0 Å². The van der Waals surface area contributed by atoms with Gasteiger partial charge in [0.15, 0.2) is 5.78 Å². The molecule has 1 fully saturated rings. The average molecular weight is 311 g/mol. The Kier molecular flexibility index (Phi) is 4.43. The van der Waals surface area contributed by atoms with Crippen LogP contribution < -0.4 is 4.72 Å². The highest BCUT2D eigenvalue weighted by Crippen LogP contribution is 2.27. The Hall–Kier alpha value is -1.73. The minimum Gasteiger partial charge on any atom is -0.481 e. The Balaban J connectivity index is 2.14. The minimum atomic E-state index is -3.74. The van der Waals surface area contributed by atoms with E-state index in [2.05, 4.69) is 4.72 Å². The molecule has 1 aromatic carbocycles. The van der Waals surface area contributed by atoms with Crippen LogP contribution in [0.1, 0.15) is 36.5 Å². The Morgan fingerprint density at radius 2 is 2.00 bits per heavy atom. The van der Waals surface area contributed by atoms with E-state index in [9.17, 15) is 18.0 Å². The molecular formula is C14H17NO5S. The summed E-state index contributed by atoms with van der Waals surface area (Å²) < 4.78 is 27.1. The van der Waals surface area contributed by atoms with Gasteiger partial charge in [0.1, 0.15) is 0 Å². The third-order valence-corrected chi connectivity index (χ3v) is 5.17. The molecule has 7 heteroatoms. The molecule has 0 bridgehead atoms. The second-order valence-electron chi connectivity index (χ2n) is 5.25. The molecule has 0 radical (unpaired) electrons. The number of rotatable bonds is 5. The fraction of sp³-hybridized carbons (Fsp3) is 0.429. The number of hydrogen-bond donors (Lipinski definition) is 2. The first-order valence-corrected chi connectivity index (χ1v) is 8.14. The number of Topliss-reactive ketones (excluding diaryl/α,β-unsaturated/α-hetero) is 1. The van der Waals surface area contributed by atoms with E-state index in [0.717, 1.165) is 0 Å². The number of carbonyl (C=O) groups excluding carboxylic acids is 1. The number of ketones is 1. The first kappa shape index (κ1) is 15.7. The highest BCUT2D eigenvalue weighted by Gasteiger charge is 2.32.